The number of aliphatic hydroxyl groups excluding tert-OH is 1. The van der Waals surface area contributed by atoms with E-state index < -0.39 is 0 Å². The van der Waals surface area contributed by atoms with E-state index in [1.165, 1.54) is 0 Å². The predicted molar refractivity (Wildman–Crippen MR) is 69.5 cm³/mol. The molecule has 0 spiro atoms. The van der Waals surface area contributed by atoms with Crippen LogP contribution in [-0.4, -0.2) is 17.8 Å². The third-order valence-electron chi connectivity index (χ3n) is 2.77. The summed E-state index contributed by atoms with van der Waals surface area (Å²) < 4.78 is 0. The van der Waals surface area contributed by atoms with Crippen LogP contribution in [0, 0.1) is 17.2 Å². The minimum Gasteiger partial charge on any atom is -0.398 e. The van der Waals surface area contributed by atoms with E-state index in [0.29, 0.717) is 23.6 Å². The highest BCUT2D eigenvalue weighted by atomic mass is 16.3. The summed E-state index contributed by atoms with van der Waals surface area (Å²) in [4.78, 5) is 0. The molecular weight excluding hydrogens is 214 g/mol. The van der Waals surface area contributed by atoms with E-state index in [-0.39, 0.29) is 12.6 Å². The van der Waals surface area contributed by atoms with Crippen molar-refractivity contribution in [1.82, 2.24) is 0 Å². The molecule has 92 valence electrons. The molecule has 1 aromatic carbocycles. The van der Waals surface area contributed by atoms with Gasteiger partial charge in [-0.1, -0.05) is 13.8 Å². The van der Waals surface area contributed by atoms with Gasteiger partial charge in [-0.3, -0.25) is 0 Å². The second-order valence-electron chi connectivity index (χ2n) is 4.42. The quantitative estimate of drug-likeness (QED) is 0.679. The molecule has 0 aliphatic carbocycles. The molecule has 17 heavy (non-hydrogen) atoms. The van der Waals surface area contributed by atoms with E-state index in [0.717, 1.165) is 5.69 Å². The Balaban J connectivity index is 2.80. The number of anilines is 2. The highest BCUT2D eigenvalue weighted by Gasteiger charge is 2.12. The molecular formula is C13H19N3O. The molecule has 4 nitrogen and oxygen atoms in total. The largest absolute Gasteiger partial charge is 0.398 e. The van der Waals surface area contributed by atoms with Crippen LogP contribution in [0.4, 0.5) is 11.4 Å². The lowest BCUT2D eigenvalue weighted by molar-refractivity contribution is 0.267. The second kappa shape index (κ2) is 6.12. The van der Waals surface area contributed by atoms with Gasteiger partial charge in [0.15, 0.2) is 0 Å². The fourth-order valence-electron chi connectivity index (χ4n) is 1.68. The molecule has 1 aromatic rings. The highest BCUT2D eigenvalue weighted by molar-refractivity contribution is 5.62. The number of aliphatic hydroxyl groups is 1. The summed E-state index contributed by atoms with van der Waals surface area (Å²) in [6, 6.07) is 7.52. The summed E-state index contributed by atoms with van der Waals surface area (Å²) in [7, 11) is 0. The summed E-state index contributed by atoms with van der Waals surface area (Å²) >= 11 is 0. The van der Waals surface area contributed by atoms with Gasteiger partial charge in [0.1, 0.15) is 6.07 Å². The van der Waals surface area contributed by atoms with Crippen molar-refractivity contribution in [2.45, 2.75) is 26.3 Å². The van der Waals surface area contributed by atoms with Gasteiger partial charge in [0.05, 0.1) is 11.3 Å². The molecule has 1 unspecified atom stereocenters. The van der Waals surface area contributed by atoms with Gasteiger partial charge in [-0.15, -0.1) is 0 Å². The molecule has 4 heteroatoms. The van der Waals surface area contributed by atoms with E-state index in [9.17, 15) is 0 Å². The van der Waals surface area contributed by atoms with Gasteiger partial charge in [0.2, 0.25) is 0 Å². The van der Waals surface area contributed by atoms with Crippen molar-refractivity contribution in [3.8, 4) is 6.07 Å². The molecule has 1 rings (SSSR count). The Morgan fingerprint density at radius 2 is 2.18 bits per heavy atom. The van der Waals surface area contributed by atoms with Crippen LogP contribution < -0.4 is 11.1 Å². The Labute approximate surface area is 102 Å². The van der Waals surface area contributed by atoms with E-state index in [4.69, 9.17) is 16.1 Å². The van der Waals surface area contributed by atoms with Crippen LogP contribution in [0.5, 0.6) is 0 Å². The van der Waals surface area contributed by atoms with Crippen molar-refractivity contribution in [1.29, 1.82) is 5.26 Å². The van der Waals surface area contributed by atoms with E-state index in [1.54, 1.807) is 12.1 Å². The third kappa shape index (κ3) is 3.65. The van der Waals surface area contributed by atoms with Crippen LogP contribution >= 0.6 is 0 Å². The highest BCUT2D eigenvalue weighted by Crippen LogP contribution is 2.20. The first kappa shape index (κ1) is 13.3. The Morgan fingerprint density at radius 3 is 2.65 bits per heavy atom. The van der Waals surface area contributed by atoms with Crippen molar-refractivity contribution < 1.29 is 5.11 Å². The maximum Gasteiger partial charge on any atom is 0.101 e. The molecule has 4 N–H and O–H groups in total. The normalized spacial score (nSPS) is 12.2. The topological polar surface area (TPSA) is 82.1 Å². The van der Waals surface area contributed by atoms with Gasteiger partial charge >= 0.3 is 0 Å². The van der Waals surface area contributed by atoms with Gasteiger partial charge in [0, 0.05) is 18.3 Å². The van der Waals surface area contributed by atoms with Crippen LogP contribution in [0.3, 0.4) is 0 Å². The minimum atomic E-state index is 0.154. The van der Waals surface area contributed by atoms with Crippen molar-refractivity contribution >= 4 is 11.4 Å². The fraction of sp³-hybridized carbons (Fsp3) is 0.462. The Hall–Kier alpha value is -1.73. The van der Waals surface area contributed by atoms with Crippen LogP contribution in [0.15, 0.2) is 18.2 Å². The number of nitrogens with zero attached hydrogens (tertiary/aromatic N) is 1. The van der Waals surface area contributed by atoms with Gasteiger partial charge in [-0.25, -0.2) is 0 Å². The van der Waals surface area contributed by atoms with Crippen molar-refractivity contribution in [2.75, 3.05) is 17.7 Å². The first-order chi connectivity index (χ1) is 8.08. The number of hydrogen-bond acceptors (Lipinski definition) is 4. The molecule has 0 aliphatic rings. The summed E-state index contributed by atoms with van der Waals surface area (Å²) in [6.45, 7) is 4.35. The van der Waals surface area contributed by atoms with Gasteiger partial charge < -0.3 is 16.2 Å². The first-order valence-electron chi connectivity index (χ1n) is 5.75. The standard InChI is InChI=1S/C13H19N3O/c1-9(2)13(5-6-17)16-11-4-3-10(8-14)12(15)7-11/h3-4,7,9,13,16-17H,5-6,15H2,1-2H3. The SMILES string of the molecule is CC(C)C(CCO)Nc1ccc(C#N)c(N)c1. The smallest absolute Gasteiger partial charge is 0.101 e. The lowest BCUT2D eigenvalue weighted by Crippen LogP contribution is -2.26. The fourth-order valence-corrected chi connectivity index (χ4v) is 1.68. The van der Waals surface area contributed by atoms with Crippen LogP contribution in [0.25, 0.3) is 0 Å². The Bertz CT molecular complexity index is 410. The Morgan fingerprint density at radius 1 is 1.47 bits per heavy atom. The van der Waals surface area contributed by atoms with E-state index in [1.807, 2.05) is 12.1 Å². The maximum atomic E-state index is 8.99. The van der Waals surface area contributed by atoms with Crippen LogP contribution in [0.1, 0.15) is 25.8 Å². The molecule has 0 radical (unpaired) electrons. The number of rotatable bonds is 5. The Kier molecular flexibility index (Phi) is 4.80. The molecule has 0 amide bonds. The third-order valence-corrected chi connectivity index (χ3v) is 2.77. The van der Waals surface area contributed by atoms with Crippen molar-refractivity contribution in [3.05, 3.63) is 23.8 Å². The zero-order chi connectivity index (χ0) is 12.8. The van der Waals surface area contributed by atoms with E-state index in [2.05, 4.69) is 19.2 Å². The second-order valence-corrected chi connectivity index (χ2v) is 4.42. The summed E-state index contributed by atoms with van der Waals surface area (Å²) in [5.41, 5.74) is 7.59. The van der Waals surface area contributed by atoms with Crippen LogP contribution in [-0.2, 0) is 0 Å². The van der Waals surface area contributed by atoms with Gasteiger partial charge in [-0.2, -0.15) is 5.26 Å². The first-order valence-corrected chi connectivity index (χ1v) is 5.75. The van der Waals surface area contributed by atoms with E-state index >= 15 is 0 Å². The number of hydrogen-bond donors (Lipinski definition) is 3. The molecule has 0 aliphatic heterocycles. The molecule has 0 saturated heterocycles. The van der Waals surface area contributed by atoms with Gasteiger partial charge in [0.25, 0.3) is 0 Å². The predicted octanol–water partition coefficient (Wildman–Crippen LogP) is 1.96. The van der Waals surface area contributed by atoms with Crippen molar-refractivity contribution in [3.63, 3.8) is 0 Å². The summed E-state index contributed by atoms with van der Waals surface area (Å²) in [5, 5.41) is 21.1. The van der Waals surface area contributed by atoms with Crippen LogP contribution in [0.2, 0.25) is 0 Å². The number of benzene rings is 1. The number of nitriles is 1. The number of nitrogen functional groups attached to an aromatic ring is 1. The number of nitrogens with one attached hydrogen (secondary N) is 1. The molecule has 0 heterocycles. The monoisotopic (exact) mass is 233 g/mol. The zero-order valence-corrected chi connectivity index (χ0v) is 10.3. The minimum absolute atomic E-state index is 0.154. The van der Waals surface area contributed by atoms with Crippen molar-refractivity contribution in [2.24, 2.45) is 5.92 Å². The maximum absolute atomic E-state index is 8.99. The molecule has 0 bridgehead atoms. The summed E-state index contributed by atoms with van der Waals surface area (Å²) in [6.07, 6.45) is 0.692. The average molecular weight is 233 g/mol. The number of nitrogens with two attached hydrogens (primary N) is 1. The average Bonchev–Trinajstić information content (AvgIpc) is 2.28. The zero-order valence-electron chi connectivity index (χ0n) is 10.3. The van der Waals surface area contributed by atoms with Gasteiger partial charge in [-0.05, 0) is 30.5 Å². The molecule has 1 atom stereocenters. The lowest BCUT2D eigenvalue weighted by Gasteiger charge is -2.23. The lowest BCUT2D eigenvalue weighted by atomic mass is 10.0. The molecule has 0 aromatic heterocycles. The molecule has 0 fully saturated rings. The summed E-state index contributed by atoms with van der Waals surface area (Å²) in [5.74, 6) is 0.416. The molecule has 0 saturated carbocycles.